The highest BCUT2D eigenvalue weighted by atomic mass is 32.2. The summed E-state index contributed by atoms with van der Waals surface area (Å²) in [4.78, 5) is 9.62. The average molecular weight is 263 g/mol. The fourth-order valence-corrected chi connectivity index (χ4v) is 4.21. The maximum absolute atomic E-state index is 5.80. The SMILES string of the molecule is Cc1nc(C2CCCS2)nc2c1CC(CN)CC2. The van der Waals surface area contributed by atoms with Crippen LogP contribution in [0.25, 0.3) is 0 Å². The van der Waals surface area contributed by atoms with Crippen LogP contribution in [0, 0.1) is 12.8 Å². The van der Waals surface area contributed by atoms with Gasteiger partial charge in [-0.3, -0.25) is 0 Å². The zero-order valence-corrected chi connectivity index (χ0v) is 11.8. The van der Waals surface area contributed by atoms with Crippen LogP contribution in [0.2, 0.25) is 0 Å². The van der Waals surface area contributed by atoms with Crippen molar-refractivity contribution in [3.63, 3.8) is 0 Å². The van der Waals surface area contributed by atoms with Gasteiger partial charge in [-0.25, -0.2) is 9.97 Å². The van der Waals surface area contributed by atoms with Crippen molar-refractivity contribution >= 4 is 11.8 Å². The Hall–Kier alpha value is -0.610. The molecule has 1 aromatic rings. The van der Waals surface area contributed by atoms with Crippen molar-refractivity contribution in [2.24, 2.45) is 11.7 Å². The zero-order chi connectivity index (χ0) is 12.5. The fraction of sp³-hybridized carbons (Fsp3) is 0.714. The van der Waals surface area contributed by atoms with E-state index in [1.807, 2.05) is 11.8 Å². The number of thioether (sulfide) groups is 1. The van der Waals surface area contributed by atoms with E-state index in [1.54, 1.807) is 0 Å². The van der Waals surface area contributed by atoms with Gasteiger partial charge in [-0.05, 0) is 62.8 Å². The summed E-state index contributed by atoms with van der Waals surface area (Å²) in [6.07, 6.45) is 5.91. The van der Waals surface area contributed by atoms with Crippen LogP contribution in [-0.2, 0) is 12.8 Å². The monoisotopic (exact) mass is 263 g/mol. The number of hydrogen-bond donors (Lipinski definition) is 1. The summed E-state index contributed by atoms with van der Waals surface area (Å²) in [6.45, 7) is 2.93. The lowest BCUT2D eigenvalue weighted by molar-refractivity contribution is 0.457. The molecular weight excluding hydrogens is 242 g/mol. The summed E-state index contributed by atoms with van der Waals surface area (Å²) in [5.74, 6) is 2.98. The largest absolute Gasteiger partial charge is 0.330 e. The molecule has 2 heterocycles. The Balaban J connectivity index is 1.90. The Bertz CT molecular complexity index is 441. The molecule has 1 aromatic heterocycles. The highest BCUT2D eigenvalue weighted by molar-refractivity contribution is 7.99. The van der Waals surface area contributed by atoms with Crippen molar-refractivity contribution in [2.75, 3.05) is 12.3 Å². The van der Waals surface area contributed by atoms with Crippen LogP contribution in [0.4, 0.5) is 0 Å². The second-order valence-corrected chi connectivity index (χ2v) is 6.75. The molecule has 1 aliphatic carbocycles. The van der Waals surface area contributed by atoms with Gasteiger partial charge in [-0.2, -0.15) is 11.8 Å². The first-order valence-corrected chi connectivity index (χ1v) is 8.00. The molecule has 1 aliphatic heterocycles. The van der Waals surface area contributed by atoms with E-state index in [2.05, 4.69) is 6.92 Å². The highest BCUT2D eigenvalue weighted by Gasteiger charge is 2.25. The molecule has 0 bridgehead atoms. The van der Waals surface area contributed by atoms with Gasteiger partial charge in [0, 0.05) is 11.4 Å². The number of aromatic nitrogens is 2. The predicted molar refractivity (Wildman–Crippen MR) is 75.8 cm³/mol. The molecule has 1 fully saturated rings. The van der Waals surface area contributed by atoms with Crippen molar-refractivity contribution in [1.82, 2.24) is 9.97 Å². The third-order valence-electron chi connectivity index (χ3n) is 4.15. The topological polar surface area (TPSA) is 51.8 Å². The third kappa shape index (κ3) is 2.28. The van der Waals surface area contributed by atoms with E-state index in [-0.39, 0.29) is 0 Å². The molecule has 3 nitrogen and oxygen atoms in total. The zero-order valence-electron chi connectivity index (χ0n) is 11.0. The van der Waals surface area contributed by atoms with Crippen molar-refractivity contribution in [3.05, 3.63) is 22.8 Å². The lowest BCUT2D eigenvalue weighted by Gasteiger charge is -2.24. The maximum atomic E-state index is 5.80. The van der Waals surface area contributed by atoms with Crippen LogP contribution >= 0.6 is 11.8 Å². The van der Waals surface area contributed by atoms with E-state index < -0.39 is 0 Å². The molecule has 3 rings (SSSR count). The Labute approximate surface area is 113 Å². The Morgan fingerprint density at radius 3 is 2.94 bits per heavy atom. The number of aryl methyl sites for hydroxylation is 2. The van der Waals surface area contributed by atoms with E-state index in [0.717, 1.165) is 25.2 Å². The van der Waals surface area contributed by atoms with Gasteiger partial charge in [0.15, 0.2) is 0 Å². The van der Waals surface area contributed by atoms with Crippen molar-refractivity contribution in [3.8, 4) is 0 Å². The van der Waals surface area contributed by atoms with Crippen LogP contribution in [0.15, 0.2) is 0 Å². The van der Waals surface area contributed by atoms with Crippen molar-refractivity contribution < 1.29 is 0 Å². The summed E-state index contributed by atoms with van der Waals surface area (Å²) >= 11 is 2.01. The molecule has 18 heavy (non-hydrogen) atoms. The van der Waals surface area contributed by atoms with Gasteiger partial charge in [-0.1, -0.05) is 0 Å². The summed E-state index contributed by atoms with van der Waals surface area (Å²) in [6, 6.07) is 0. The molecule has 2 atom stereocenters. The van der Waals surface area contributed by atoms with Gasteiger partial charge >= 0.3 is 0 Å². The number of nitrogens with zero attached hydrogens (tertiary/aromatic N) is 2. The minimum Gasteiger partial charge on any atom is -0.330 e. The van der Waals surface area contributed by atoms with Crippen molar-refractivity contribution in [2.45, 2.75) is 44.3 Å². The molecule has 4 heteroatoms. The summed E-state index contributed by atoms with van der Waals surface area (Å²) in [7, 11) is 0. The van der Waals surface area contributed by atoms with Crippen molar-refractivity contribution in [1.29, 1.82) is 0 Å². The van der Waals surface area contributed by atoms with Crippen LogP contribution in [0.3, 0.4) is 0 Å². The first kappa shape index (κ1) is 12.4. The number of rotatable bonds is 2. The number of hydrogen-bond acceptors (Lipinski definition) is 4. The normalized spacial score (nSPS) is 27.2. The minimum absolute atomic E-state index is 0.543. The third-order valence-corrected chi connectivity index (χ3v) is 5.52. The van der Waals surface area contributed by atoms with Gasteiger partial charge in [0.05, 0.1) is 5.25 Å². The molecule has 2 aliphatic rings. The lowest BCUT2D eigenvalue weighted by atomic mass is 9.86. The molecule has 0 spiro atoms. The molecule has 98 valence electrons. The van der Waals surface area contributed by atoms with Crippen LogP contribution in [-0.4, -0.2) is 22.3 Å². The standard InChI is InChI=1S/C14H21N3S/c1-9-11-7-10(8-15)4-5-12(11)17-14(16-9)13-3-2-6-18-13/h10,13H,2-8,15H2,1H3. The van der Waals surface area contributed by atoms with Gasteiger partial charge in [0.1, 0.15) is 5.82 Å². The second-order valence-electron chi connectivity index (χ2n) is 5.44. The van der Waals surface area contributed by atoms with Crippen LogP contribution in [0.5, 0.6) is 0 Å². The minimum atomic E-state index is 0.543. The first-order valence-electron chi connectivity index (χ1n) is 6.96. The average Bonchev–Trinajstić information content (AvgIpc) is 2.92. The molecule has 2 N–H and O–H groups in total. The van der Waals surface area contributed by atoms with Gasteiger partial charge in [0.25, 0.3) is 0 Å². The number of fused-ring (bicyclic) bond motifs is 1. The number of nitrogens with two attached hydrogens (primary N) is 1. The van der Waals surface area contributed by atoms with E-state index in [0.29, 0.717) is 11.2 Å². The molecule has 0 amide bonds. The first-order chi connectivity index (χ1) is 8.78. The maximum Gasteiger partial charge on any atom is 0.141 e. The van der Waals surface area contributed by atoms with Gasteiger partial charge in [-0.15, -0.1) is 0 Å². The Morgan fingerprint density at radius 2 is 2.22 bits per heavy atom. The molecule has 0 aromatic carbocycles. The van der Waals surface area contributed by atoms with E-state index >= 15 is 0 Å². The van der Waals surface area contributed by atoms with Gasteiger partial charge < -0.3 is 5.73 Å². The van der Waals surface area contributed by atoms with Gasteiger partial charge in [0.2, 0.25) is 0 Å². The quantitative estimate of drug-likeness (QED) is 0.890. The molecule has 0 saturated carbocycles. The lowest BCUT2D eigenvalue weighted by Crippen LogP contribution is -2.24. The summed E-state index contributed by atoms with van der Waals surface area (Å²) in [5, 5.41) is 0.543. The van der Waals surface area contributed by atoms with E-state index in [1.165, 1.54) is 42.0 Å². The van der Waals surface area contributed by atoms with Crippen LogP contribution < -0.4 is 5.73 Å². The fourth-order valence-electron chi connectivity index (χ4n) is 3.01. The second kappa shape index (κ2) is 5.17. The Morgan fingerprint density at radius 1 is 1.33 bits per heavy atom. The molecule has 2 unspecified atom stereocenters. The van der Waals surface area contributed by atoms with E-state index in [4.69, 9.17) is 15.7 Å². The summed E-state index contributed by atoms with van der Waals surface area (Å²) in [5.41, 5.74) is 9.67. The summed E-state index contributed by atoms with van der Waals surface area (Å²) < 4.78 is 0. The van der Waals surface area contributed by atoms with Crippen LogP contribution in [0.1, 0.15) is 47.3 Å². The Kier molecular flexibility index (Phi) is 3.57. The molecular formula is C14H21N3S. The van der Waals surface area contributed by atoms with E-state index in [9.17, 15) is 0 Å². The highest BCUT2D eigenvalue weighted by Crippen LogP contribution is 2.39. The molecule has 0 radical (unpaired) electrons. The predicted octanol–water partition coefficient (Wildman–Crippen LogP) is 2.42. The smallest absolute Gasteiger partial charge is 0.141 e. The molecule has 1 saturated heterocycles.